The third-order valence-corrected chi connectivity index (χ3v) is 2.27. The van der Waals surface area contributed by atoms with Gasteiger partial charge in [0.25, 0.3) is 0 Å². The first kappa shape index (κ1) is 15.8. The standard InChI is InChI=1S/C14H19NO5/c1-14(2,3)20-13(17)15-11-8-9(18-4)6-7-10(11)12(16)19-5/h6-8H,1-5H3,(H,15,17). The number of amides is 1. The van der Waals surface area contributed by atoms with Gasteiger partial charge in [-0.3, -0.25) is 5.32 Å². The van der Waals surface area contributed by atoms with Crippen molar-refractivity contribution in [3.63, 3.8) is 0 Å². The summed E-state index contributed by atoms with van der Waals surface area (Å²) in [6, 6.07) is 4.64. The summed E-state index contributed by atoms with van der Waals surface area (Å²) in [6.45, 7) is 5.25. The van der Waals surface area contributed by atoms with Crippen LogP contribution >= 0.6 is 0 Å². The molecule has 1 aromatic rings. The monoisotopic (exact) mass is 281 g/mol. The number of benzene rings is 1. The second-order valence-corrected chi connectivity index (χ2v) is 5.03. The molecule has 0 spiro atoms. The zero-order valence-electron chi connectivity index (χ0n) is 12.3. The molecule has 20 heavy (non-hydrogen) atoms. The predicted octanol–water partition coefficient (Wildman–Crippen LogP) is 2.83. The maximum atomic E-state index is 11.8. The number of rotatable bonds is 3. The highest BCUT2D eigenvalue weighted by Crippen LogP contribution is 2.24. The molecule has 1 amide bonds. The van der Waals surface area contributed by atoms with Crippen LogP contribution in [0.3, 0.4) is 0 Å². The van der Waals surface area contributed by atoms with Gasteiger partial charge in [-0.05, 0) is 32.9 Å². The van der Waals surface area contributed by atoms with Crippen molar-refractivity contribution >= 4 is 17.7 Å². The van der Waals surface area contributed by atoms with Gasteiger partial charge in [-0.2, -0.15) is 0 Å². The van der Waals surface area contributed by atoms with Crippen molar-refractivity contribution < 1.29 is 23.8 Å². The fourth-order valence-corrected chi connectivity index (χ4v) is 1.46. The normalized spacial score (nSPS) is 10.7. The number of anilines is 1. The Balaban J connectivity index is 3.01. The quantitative estimate of drug-likeness (QED) is 0.862. The van der Waals surface area contributed by atoms with E-state index in [9.17, 15) is 9.59 Å². The maximum absolute atomic E-state index is 11.8. The van der Waals surface area contributed by atoms with Crippen LogP contribution in [0, 0.1) is 0 Å². The van der Waals surface area contributed by atoms with Gasteiger partial charge in [0, 0.05) is 6.07 Å². The van der Waals surface area contributed by atoms with Crippen molar-refractivity contribution in [3.8, 4) is 5.75 Å². The number of carbonyl (C=O) groups excluding carboxylic acids is 2. The minimum Gasteiger partial charge on any atom is -0.497 e. The minimum absolute atomic E-state index is 0.221. The average molecular weight is 281 g/mol. The molecule has 0 unspecified atom stereocenters. The molecule has 0 heterocycles. The highest BCUT2D eigenvalue weighted by Gasteiger charge is 2.19. The fourth-order valence-electron chi connectivity index (χ4n) is 1.46. The van der Waals surface area contributed by atoms with Crippen molar-refractivity contribution in [2.24, 2.45) is 0 Å². The topological polar surface area (TPSA) is 73.9 Å². The van der Waals surface area contributed by atoms with E-state index < -0.39 is 17.7 Å². The molecule has 0 fully saturated rings. The molecule has 1 aromatic carbocycles. The van der Waals surface area contributed by atoms with Gasteiger partial charge in [0.2, 0.25) is 0 Å². The van der Waals surface area contributed by atoms with Crippen LogP contribution in [0.2, 0.25) is 0 Å². The fraction of sp³-hybridized carbons (Fsp3) is 0.429. The summed E-state index contributed by atoms with van der Waals surface area (Å²) in [6.07, 6.45) is -0.657. The third-order valence-electron chi connectivity index (χ3n) is 2.27. The van der Waals surface area contributed by atoms with Crippen LogP contribution in [0.1, 0.15) is 31.1 Å². The van der Waals surface area contributed by atoms with Crippen LogP contribution in [0.25, 0.3) is 0 Å². The van der Waals surface area contributed by atoms with Gasteiger partial charge in [-0.1, -0.05) is 0 Å². The van der Waals surface area contributed by atoms with E-state index in [1.807, 2.05) is 0 Å². The van der Waals surface area contributed by atoms with Crippen molar-refractivity contribution in [2.75, 3.05) is 19.5 Å². The zero-order valence-corrected chi connectivity index (χ0v) is 12.3. The molecule has 110 valence electrons. The zero-order chi connectivity index (χ0) is 15.3. The molecule has 0 aromatic heterocycles. The summed E-state index contributed by atoms with van der Waals surface area (Å²) in [7, 11) is 2.76. The molecule has 1 N–H and O–H groups in total. The van der Waals surface area contributed by atoms with Crippen molar-refractivity contribution in [2.45, 2.75) is 26.4 Å². The summed E-state index contributed by atoms with van der Waals surface area (Å²) < 4.78 is 14.9. The SMILES string of the molecule is COC(=O)c1ccc(OC)cc1NC(=O)OC(C)(C)C. The Labute approximate surface area is 118 Å². The Morgan fingerprint density at radius 1 is 1.15 bits per heavy atom. The van der Waals surface area contributed by atoms with E-state index in [1.54, 1.807) is 26.8 Å². The van der Waals surface area contributed by atoms with E-state index in [1.165, 1.54) is 26.4 Å². The van der Waals surface area contributed by atoms with Crippen LogP contribution < -0.4 is 10.1 Å². The summed E-state index contributed by atoms with van der Waals surface area (Å²) >= 11 is 0. The molecule has 0 saturated carbocycles. The summed E-state index contributed by atoms with van der Waals surface area (Å²) in [5.74, 6) is -0.0533. The number of nitrogens with one attached hydrogen (secondary N) is 1. The van der Waals surface area contributed by atoms with E-state index >= 15 is 0 Å². The molecular formula is C14H19NO5. The lowest BCUT2D eigenvalue weighted by Crippen LogP contribution is -2.27. The summed E-state index contributed by atoms with van der Waals surface area (Å²) in [5.41, 5.74) is -0.140. The van der Waals surface area contributed by atoms with Gasteiger partial charge in [-0.15, -0.1) is 0 Å². The molecular weight excluding hydrogens is 262 g/mol. The van der Waals surface area contributed by atoms with E-state index in [0.29, 0.717) is 5.75 Å². The average Bonchev–Trinajstić information content (AvgIpc) is 2.35. The van der Waals surface area contributed by atoms with Crippen molar-refractivity contribution in [1.82, 2.24) is 0 Å². The van der Waals surface area contributed by atoms with Crippen LogP contribution in [-0.4, -0.2) is 31.9 Å². The molecule has 6 nitrogen and oxygen atoms in total. The first-order valence-electron chi connectivity index (χ1n) is 6.03. The highest BCUT2D eigenvalue weighted by molar-refractivity contribution is 6.00. The molecule has 0 aliphatic rings. The lowest BCUT2D eigenvalue weighted by Gasteiger charge is -2.20. The molecule has 0 bridgehead atoms. The smallest absolute Gasteiger partial charge is 0.412 e. The third kappa shape index (κ3) is 4.46. The number of methoxy groups -OCH3 is 2. The Kier molecular flexibility index (Phi) is 4.96. The molecule has 0 saturated heterocycles. The van der Waals surface area contributed by atoms with Crippen LogP contribution in [0.4, 0.5) is 10.5 Å². The van der Waals surface area contributed by atoms with Crippen molar-refractivity contribution in [1.29, 1.82) is 0 Å². The second kappa shape index (κ2) is 6.27. The summed E-state index contributed by atoms with van der Waals surface area (Å²) in [4.78, 5) is 23.4. The molecule has 0 radical (unpaired) electrons. The lowest BCUT2D eigenvalue weighted by atomic mass is 10.1. The Bertz CT molecular complexity index is 505. The van der Waals surface area contributed by atoms with E-state index in [2.05, 4.69) is 10.1 Å². The van der Waals surface area contributed by atoms with Gasteiger partial charge >= 0.3 is 12.1 Å². The maximum Gasteiger partial charge on any atom is 0.412 e. The summed E-state index contributed by atoms with van der Waals surface area (Å²) in [5, 5.41) is 2.52. The molecule has 0 aliphatic heterocycles. The van der Waals surface area contributed by atoms with Crippen molar-refractivity contribution in [3.05, 3.63) is 23.8 Å². The molecule has 1 rings (SSSR count). The lowest BCUT2D eigenvalue weighted by molar-refractivity contribution is 0.0602. The second-order valence-electron chi connectivity index (χ2n) is 5.03. The van der Waals surface area contributed by atoms with Gasteiger partial charge < -0.3 is 14.2 Å². The molecule has 6 heteroatoms. The van der Waals surface area contributed by atoms with Gasteiger partial charge in [0.15, 0.2) is 0 Å². The van der Waals surface area contributed by atoms with Gasteiger partial charge in [0.05, 0.1) is 25.5 Å². The Morgan fingerprint density at radius 2 is 1.80 bits per heavy atom. The minimum atomic E-state index is -0.657. The molecule has 0 atom stereocenters. The van der Waals surface area contributed by atoms with E-state index in [-0.39, 0.29) is 11.3 Å². The van der Waals surface area contributed by atoms with Crippen LogP contribution in [-0.2, 0) is 9.47 Å². The highest BCUT2D eigenvalue weighted by atomic mass is 16.6. The van der Waals surface area contributed by atoms with E-state index in [0.717, 1.165) is 0 Å². The Hall–Kier alpha value is -2.24. The first-order valence-corrected chi connectivity index (χ1v) is 6.03. The number of esters is 1. The number of hydrogen-bond acceptors (Lipinski definition) is 5. The number of carbonyl (C=O) groups is 2. The van der Waals surface area contributed by atoms with E-state index in [4.69, 9.17) is 9.47 Å². The largest absolute Gasteiger partial charge is 0.497 e. The Morgan fingerprint density at radius 3 is 2.30 bits per heavy atom. The molecule has 0 aliphatic carbocycles. The predicted molar refractivity (Wildman–Crippen MR) is 74.2 cm³/mol. The van der Waals surface area contributed by atoms with Crippen LogP contribution in [0.15, 0.2) is 18.2 Å². The van der Waals surface area contributed by atoms with Gasteiger partial charge in [0.1, 0.15) is 11.4 Å². The number of ether oxygens (including phenoxy) is 3. The first-order chi connectivity index (χ1) is 9.26. The van der Waals surface area contributed by atoms with Gasteiger partial charge in [-0.25, -0.2) is 9.59 Å². The van der Waals surface area contributed by atoms with Crippen LogP contribution in [0.5, 0.6) is 5.75 Å². The number of hydrogen-bond donors (Lipinski definition) is 1.